The Balaban J connectivity index is 1.99. The van der Waals surface area contributed by atoms with E-state index in [1.807, 2.05) is 0 Å². The second-order valence-electron chi connectivity index (χ2n) is 5.39. The monoisotopic (exact) mass is 420 g/mol. The number of amides is 2. The second-order valence-corrected chi connectivity index (χ2v) is 9.65. The summed E-state index contributed by atoms with van der Waals surface area (Å²) in [6, 6.07) is 5.32. The van der Waals surface area contributed by atoms with E-state index in [0.29, 0.717) is 5.03 Å². The zero-order chi connectivity index (χ0) is 19.3. The van der Waals surface area contributed by atoms with Crippen LogP contribution in [0.25, 0.3) is 0 Å². The SMILES string of the molecule is CC(CC(C(=O)ON1C(=O)CCC1=O)S(=O)(=O)O)SSc1ccccn1. The van der Waals surface area contributed by atoms with Crippen LogP contribution in [0.4, 0.5) is 0 Å². The Bertz CT molecular complexity index is 769. The number of hydroxylamine groups is 2. The topological polar surface area (TPSA) is 131 Å². The van der Waals surface area contributed by atoms with Crippen molar-refractivity contribution in [2.75, 3.05) is 0 Å². The van der Waals surface area contributed by atoms with Gasteiger partial charge in [-0.1, -0.05) is 23.8 Å². The molecular weight excluding hydrogens is 404 g/mol. The Labute approximate surface area is 158 Å². The van der Waals surface area contributed by atoms with Gasteiger partial charge in [-0.05, 0) is 29.3 Å². The van der Waals surface area contributed by atoms with Crippen LogP contribution in [0.15, 0.2) is 29.4 Å². The van der Waals surface area contributed by atoms with Crippen LogP contribution in [0.2, 0.25) is 0 Å². The van der Waals surface area contributed by atoms with E-state index in [-0.39, 0.29) is 29.6 Å². The van der Waals surface area contributed by atoms with Crippen LogP contribution in [0.5, 0.6) is 0 Å². The number of hydrogen-bond donors (Lipinski definition) is 1. The summed E-state index contributed by atoms with van der Waals surface area (Å²) in [5.41, 5.74) is 0. The number of carbonyl (C=O) groups excluding carboxylic acids is 3. The molecule has 0 radical (unpaired) electrons. The normalized spacial score (nSPS) is 17.2. The Morgan fingerprint density at radius 1 is 1.35 bits per heavy atom. The molecule has 2 atom stereocenters. The van der Waals surface area contributed by atoms with Gasteiger partial charge in [0.2, 0.25) is 0 Å². The van der Waals surface area contributed by atoms with Gasteiger partial charge in [-0.3, -0.25) is 14.1 Å². The lowest BCUT2D eigenvalue weighted by Crippen LogP contribution is -2.40. The minimum absolute atomic E-state index is 0.115. The number of aromatic nitrogens is 1. The molecule has 2 amide bonds. The third-order valence-corrected chi connectivity index (χ3v) is 7.21. The summed E-state index contributed by atoms with van der Waals surface area (Å²) in [7, 11) is -2.24. The van der Waals surface area contributed by atoms with Gasteiger partial charge in [-0.25, -0.2) is 9.78 Å². The first kappa shape index (κ1) is 20.7. The third-order valence-electron chi connectivity index (χ3n) is 3.29. The number of rotatable bonds is 8. The molecule has 0 bridgehead atoms. The van der Waals surface area contributed by atoms with Crippen LogP contribution in [-0.4, -0.2) is 51.3 Å². The van der Waals surface area contributed by atoms with E-state index in [9.17, 15) is 27.4 Å². The van der Waals surface area contributed by atoms with Crippen molar-refractivity contribution in [3.05, 3.63) is 24.4 Å². The molecular formula is C14H16N2O7S3. The van der Waals surface area contributed by atoms with Gasteiger partial charge in [0, 0.05) is 24.3 Å². The highest BCUT2D eigenvalue weighted by Gasteiger charge is 2.40. The van der Waals surface area contributed by atoms with Crippen molar-refractivity contribution in [1.82, 2.24) is 10.0 Å². The molecule has 1 N–H and O–H groups in total. The molecule has 1 saturated heterocycles. The molecule has 0 saturated carbocycles. The Hall–Kier alpha value is -1.63. The van der Waals surface area contributed by atoms with Gasteiger partial charge >= 0.3 is 5.97 Å². The summed E-state index contributed by atoms with van der Waals surface area (Å²) in [6.45, 7) is 1.66. The lowest BCUT2D eigenvalue weighted by Gasteiger charge is -2.19. The molecule has 0 aliphatic carbocycles. The smallest absolute Gasteiger partial charge is 0.329 e. The fourth-order valence-electron chi connectivity index (χ4n) is 2.01. The van der Waals surface area contributed by atoms with Gasteiger partial charge in [0.1, 0.15) is 5.03 Å². The van der Waals surface area contributed by atoms with Crippen LogP contribution in [-0.2, 0) is 29.3 Å². The van der Waals surface area contributed by atoms with Crippen LogP contribution in [0.3, 0.4) is 0 Å². The standard InChI is InChI=1S/C14H16N2O7S3/c1-9(24-25-11-4-2-3-7-15-11)8-10(26(20,21)22)14(19)23-16-12(17)5-6-13(16)18/h2-4,7,9-10H,5-6,8H2,1H3,(H,20,21,22). The van der Waals surface area contributed by atoms with E-state index in [1.165, 1.54) is 21.6 Å². The van der Waals surface area contributed by atoms with Crippen molar-refractivity contribution >= 4 is 49.5 Å². The molecule has 2 rings (SSSR count). The molecule has 12 heteroatoms. The number of hydrogen-bond acceptors (Lipinski definition) is 9. The lowest BCUT2D eigenvalue weighted by atomic mass is 10.2. The fourth-order valence-corrected chi connectivity index (χ4v) is 5.05. The molecule has 1 aromatic rings. The highest BCUT2D eigenvalue weighted by atomic mass is 33.1. The first-order valence-corrected chi connectivity index (χ1v) is 11.2. The number of imide groups is 1. The van der Waals surface area contributed by atoms with Crippen molar-refractivity contribution in [3.8, 4) is 0 Å². The maximum atomic E-state index is 12.1. The summed E-state index contributed by atoms with van der Waals surface area (Å²) < 4.78 is 32.5. The molecule has 2 heterocycles. The van der Waals surface area contributed by atoms with Crippen LogP contribution >= 0.6 is 21.6 Å². The predicted molar refractivity (Wildman–Crippen MR) is 94.3 cm³/mol. The highest BCUT2D eigenvalue weighted by molar-refractivity contribution is 8.76. The molecule has 1 fully saturated rings. The fraction of sp³-hybridized carbons (Fsp3) is 0.429. The van der Waals surface area contributed by atoms with E-state index in [1.54, 1.807) is 31.3 Å². The zero-order valence-electron chi connectivity index (χ0n) is 13.6. The Morgan fingerprint density at radius 2 is 2.00 bits per heavy atom. The summed E-state index contributed by atoms with van der Waals surface area (Å²) in [5, 5.41) is -1.34. The summed E-state index contributed by atoms with van der Waals surface area (Å²) in [4.78, 5) is 43.8. The van der Waals surface area contributed by atoms with E-state index >= 15 is 0 Å². The van der Waals surface area contributed by atoms with Gasteiger partial charge < -0.3 is 4.84 Å². The van der Waals surface area contributed by atoms with Crippen molar-refractivity contribution in [3.63, 3.8) is 0 Å². The maximum absolute atomic E-state index is 12.1. The van der Waals surface area contributed by atoms with Gasteiger partial charge in [0.15, 0.2) is 5.25 Å². The van der Waals surface area contributed by atoms with Gasteiger partial charge in [0.25, 0.3) is 21.9 Å². The van der Waals surface area contributed by atoms with Crippen molar-refractivity contribution in [2.24, 2.45) is 0 Å². The van der Waals surface area contributed by atoms with Crippen LogP contribution in [0, 0.1) is 0 Å². The largest absolute Gasteiger partial charge is 0.353 e. The molecule has 1 aliphatic rings. The molecule has 26 heavy (non-hydrogen) atoms. The molecule has 1 aromatic heterocycles. The van der Waals surface area contributed by atoms with Gasteiger partial charge in [-0.2, -0.15) is 8.42 Å². The Kier molecular flexibility index (Phi) is 7.03. The summed E-state index contributed by atoms with van der Waals surface area (Å²) >= 11 is 0. The van der Waals surface area contributed by atoms with Gasteiger partial charge in [-0.15, -0.1) is 5.06 Å². The average Bonchev–Trinajstić information content (AvgIpc) is 2.89. The number of nitrogens with zero attached hydrogens (tertiary/aromatic N) is 2. The average molecular weight is 420 g/mol. The van der Waals surface area contributed by atoms with E-state index < -0.39 is 33.2 Å². The molecule has 1 aliphatic heterocycles. The maximum Gasteiger partial charge on any atom is 0.353 e. The lowest BCUT2D eigenvalue weighted by molar-refractivity contribution is -0.197. The highest BCUT2D eigenvalue weighted by Crippen LogP contribution is 2.35. The number of carbonyl (C=O) groups is 3. The van der Waals surface area contributed by atoms with Crippen LogP contribution in [0.1, 0.15) is 26.2 Å². The molecule has 142 valence electrons. The van der Waals surface area contributed by atoms with Crippen molar-refractivity contribution < 1.29 is 32.2 Å². The minimum Gasteiger partial charge on any atom is -0.329 e. The van der Waals surface area contributed by atoms with E-state index in [0.717, 1.165) is 0 Å². The van der Waals surface area contributed by atoms with Gasteiger partial charge in [0.05, 0.1) is 0 Å². The van der Waals surface area contributed by atoms with Crippen molar-refractivity contribution in [1.29, 1.82) is 0 Å². The molecule has 0 spiro atoms. The van der Waals surface area contributed by atoms with E-state index in [4.69, 9.17) is 0 Å². The number of pyridine rings is 1. The minimum atomic E-state index is -4.78. The summed E-state index contributed by atoms with van der Waals surface area (Å²) in [6.07, 6.45) is 1.11. The third kappa shape index (κ3) is 5.69. The second kappa shape index (κ2) is 8.84. The van der Waals surface area contributed by atoms with Crippen molar-refractivity contribution in [2.45, 2.75) is 41.7 Å². The van der Waals surface area contributed by atoms with Crippen LogP contribution < -0.4 is 0 Å². The Morgan fingerprint density at radius 3 is 2.54 bits per heavy atom. The molecule has 2 unspecified atom stereocenters. The molecule has 9 nitrogen and oxygen atoms in total. The molecule has 0 aromatic carbocycles. The first-order valence-electron chi connectivity index (χ1n) is 7.46. The summed E-state index contributed by atoms with van der Waals surface area (Å²) in [5.74, 6) is -2.83. The quantitative estimate of drug-likeness (QED) is 0.374. The van der Waals surface area contributed by atoms with E-state index in [2.05, 4.69) is 9.82 Å². The first-order chi connectivity index (χ1) is 12.2. The zero-order valence-corrected chi connectivity index (χ0v) is 16.1. The predicted octanol–water partition coefficient (Wildman–Crippen LogP) is 1.46.